The fraction of sp³-hybridized carbons (Fsp3) is 0.429. The summed E-state index contributed by atoms with van der Waals surface area (Å²) in [5.74, 6) is 0.286. The van der Waals surface area contributed by atoms with Gasteiger partial charge in [0.15, 0.2) is 0 Å². The fourth-order valence-corrected chi connectivity index (χ4v) is 2.93. The van der Waals surface area contributed by atoms with Crippen molar-refractivity contribution in [2.24, 2.45) is 15.9 Å². The molecule has 2 atom stereocenters. The van der Waals surface area contributed by atoms with Gasteiger partial charge < -0.3 is 0 Å². The second-order valence-electron chi connectivity index (χ2n) is 4.90. The highest BCUT2D eigenvalue weighted by molar-refractivity contribution is 6.66. The van der Waals surface area contributed by atoms with Gasteiger partial charge in [-0.3, -0.25) is 9.89 Å². The van der Waals surface area contributed by atoms with E-state index in [0.29, 0.717) is 11.2 Å². The van der Waals surface area contributed by atoms with Crippen LogP contribution in [0.4, 0.5) is 0 Å². The Hall–Kier alpha value is -1.19. The van der Waals surface area contributed by atoms with E-state index >= 15 is 0 Å². The molecule has 94 valence electrons. The summed E-state index contributed by atoms with van der Waals surface area (Å²) in [6.07, 6.45) is 2.68. The molecule has 1 fully saturated rings. The van der Waals surface area contributed by atoms with Crippen molar-refractivity contribution in [3.05, 3.63) is 35.9 Å². The average molecular weight is 262 g/mol. The maximum absolute atomic E-state index is 6.19. The number of hydrogen-bond acceptors (Lipinski definition) is 3. The Morgan fingerprint density at radius 2 is 2.11 bits per heavy atom. The highest BCUT2D eigenvalue weighted by Gasteiger charge is 2.33. The fourth-order valence-electron chi connectivity index (χ4n) is 2.67. The average Bonchev–Trinajstić information content (AvgIpc) is 2.41. The second-order valence-corrected chi connectivity index (χ2v) is 5.29. The molecule has 0 N–H and O–H groups in total. The zero-order valence-corrected chi connectivity index (χ0v) is 10.9. The van der Waals surface area contributed by atoms with Crippen molar-refractivity contribution in [2.75, 3.05) is 13.1 Å². The molecular weight excluding hydrogens is 246 g/mol. The Bertz CT molecular complexity index is 469. The first kappa shape index (κ1) is 11.9. The van der Waals surface area contributed by atoms with Crippen LogP contribution < -0.4 is 0 Å². The quantitative estimate of drug-likeness (QED) is 0.804. The van der Waals surface area contributed by atoms with E-state index in [9.17, 15) is 0 Å². The van der Waals surface area contributed by atoms with E-state index in [-0.39, 0.29) is 5.92 Å². The molecule has 0 bridgehead atoms. The number of benzene rings is 1. The number of halogens is 1. The van der Waals surface area contributed by atoms with E-state index in [1.807, 2.05) is 0 Å². The van der Waals surface area contributed by atoms with Gasteiger partial charge in [-0.15, -0.1) is 0 Å². The monoisotopic (exact) mass is 261 g/mol. The van der Waals surface area contributed by atoms with Crippen LogP contribution in [0.1, 0.15) is 12.0 Å². The van der Waals surface area contributed by atoms with Crippen molar-refractivity contribution in [3.8, 4) is 0 Å². The van der Waals surface area contributed by atoms with E-state index in [1.54, 1.807) is 6.34 Å². The van der Waals surface area contributed by atoms with Crippen LogP contribution in [0, 0.1) is 5.92 Å². The molecule has 0 radical (unpaired) electrons. The maximum atomic E-state index is 6.19. The summed E-state index contributed by atoms with van der Waals surface area (Å²) < 4.78 is 0. The van der Waals surface area contributed by atoms with Gasteiger partial charge in [0, 0.05) is 25.6 Å². The minimum Gasteiger partial charge on any atom is -0.298 e. The van der Waals surface area contributed by atoms with Crippen molar-refractivity contribution in [2.45, 2.75) is 19.0 Å². The van der Waals surface area contributed by atoms with Crippen LogP contribution >= 0.6 is 11.6 Å². The summed E-state index contributed by atoms with van der Waals surface area (Å²) in [4.78, 5) is 11.0. The minimum atomic E-state index is 0.286. The molecule has 2 heterocycles. The zero-order valence-electron chi connectivity index (χ0n) is 10.2. The zero-order chi connectivity index (χ0) is 12.4. The van der Waals surface area contributed by atoms with E-state index in [2.05, 4.69) is 45.2 Å². The van der Waals surface area contributed by atoms with E-state index in [1.165, 1.54) is 5.56 Å². The molecule has 0 saturated carbocycles. The highest BCUT2D eigenvalue weighted by atomic mass is 35.5. The number of hydrogen-bond donors (Lipinski definition) is 0. The maximum Gasteiger partial charge on any atom is 0.114 e. The number of aliphatic imine (C=N–C) groups is 2. The summed E-state index contributed by atoms with van der Waals surface area (Å²) in [7, 11) is 0. The summed E-state index contributed by atoms with van der Waals surface area (Å²) in [6.45, 7) is 3.02. The molecule has 2 aliphatic heterocycles. The van der Waals surface area contributed by atoms with Crippen molar-refractivity contribution in [1.29, 1.82) is 0 Å². The van der Waals surface area contributed by atoms with Crippen molar-refractivity contribution < 1.29 is 0 Å². The Morgan fingerprint density at radius 3 is 2.94 bits per heavy atom. The Balaban J connectivity index is 1.67. The van der Waals surface area contributed by atoms with Gasteiger partial charge in [-0.2, -0.15) is 0 Å². The highest BCUT2D eigenvalue weighted by Crippen LogP contribution is 2.26. The Morgan fingerprint density at radius 1 is 1.28 bits per heavy atom. The molecule has 2 unspecified atom stereocenters. The predicted molar refractivity (Wildman–Crippen MR) is 75.4 cm³/mol. The van der Waals surface area contributed by atoms with Crippen molar-refractivity contribution in [1.82, 2.24) is 4.90 Å². The third-order valence-electron chi connectivity index (χ3n) is 3.65. The lowest BCUT2D eigenvalue weighted by atomic mass is 9.92. The molecular formula is C14H16ClN3. The molecule has 1 aromatic carbocycles. The lowest BCUT2D eigenvalue weighted by Crippen LogP contribution is -2.45. The number of nitrogens with zero attached hydrogens (tertiary/aromatic N) is 3. The van der Waals surface area contributed by atoms with E-state index in [4.69, 9.17) is 11.6 Å². The molecule has 2 aliphatic rings. The van der Waals surface area contributed by atoms with Crippen LogP contribution in [0.2, 0.25) is 0 Å². The Labute approximate surface area is 112 Å². The van der Waals surface area contributed by atoms with Gasteiger partial charge in [0.1, 0.15) is 11.5 Å². The normalized spacial score (nSPS) is 27.7. The molecule has 3 nitrogen and oxygen atoms in total. The van der Waals surface area contributed by atoms with Crippen LogP contribution in [0.5, 0.6) is 0 Å². The first-order chi connectivity index (χ1) is 8.83. The van der Waals surface area contributed by atoms with Gasteiger partial charge in [0.25, 0.3) is 0 Å². The molecule has 0 spiro atoms. The lowest BCUT2D eigenvalue weighted by Gasteiger charge is -2.37. The summed E-state index contributed by atoms with van der Waals surface area (Å²) in [5.41, 5.74) is 1.35. The second kappa shape index (κ2) is 5.21. The van der Waals surface area contributed by atoms with Gasteiger partial charge in [-0.25, -0.2) is 4.99 Å². The predicted octanol–water partition coefficient (Wildman–Crippen LogP) is 2.56. The Kier molecular flexibility index (Phi) is 3.43. The lowest BCUT2D eigenvalue weighted by molar-refractivity contribution is 0.180. The van der Waals surface area contributed by atoms with Gasteiger partial charge in [-0.05, 0) is 12.0 Å². The van der Waals surface area contributed by atoms with Crippen LogP contribution in [0.3, 0.4) is 0 Å². The van der Waals surface area contributed by atoms with Gasteiger partial charge >= 0.3 is 0 Å². The van der Waals surface area contributed by atoms with Gasteiger partial charge in [-0.1, -0.05) is 41.9 Å². The standard InChI is InChI=1S/C14H16ClN3/c15-14-12-9-18(7-6-13(12)16-10-17-14)8-11-4-2-1-3-5-11/h1-5,10,12-13H,6-9H2. The van der Waals surface area contributed by atoms with Crippen LogP contribution in [0.25, 0.3) is 0 Å². The first-order valence-electron chi connectivity index (χ1n) is 6.34. The van der Waals surface area contributed by atoms with Crippen LogP contribution in [-0.2, 0) is 6.54 Å². The SMILES string of the molecule is ClC1=NC=NC2CCN(Cc3ccccc3)CC12. The molecule has 1 aromatic rings. The number of fused-ring (bicyclic) bond motifs is 1. The van der Waals surface area contributed by atoms with E-state index < -0.39 is 0 Å². The van der Waals surface area contributed by atoms with Crippen LogP contribution in [-0.4, -0.2) is 35.5 Å². The largest absolute Gasteiger partial charge is 0.298 e. The minimum absolute atomic E-state index is 0.286. The third-order valence-corrected chi connectivity index (χ3v) is 4.03. The van der Waals surface area contributed by atoms with Gasteiger partial charge in [0.2, 0.25) is 0 Å². The molecule has 4 heteroatoms. The van der Waals surface area contributed by atoms with Crippen molar-refractivity contribution in [3.63, 3.8) is 0 Å². The number of rotatable bonds is 2. The van der Waals surface area contributed by atoms with E-state index in [0.717, 1.165) is 26.1 Å². The molecule has 0 amide bonds. The summed E-state index contributed by atoms with van der Waals surface area (Å²) >= 11 is 6.19. The summed E-state index contributed by atoms with van der Waals surface area (Å²) in [6, 6.07) is 10.9. The molecule has 3 rings (SSSR count). The number of likely N-dealkylation sites (tertiary alicyclic amines) is 1. The molecule has 0 aliphatic carbocycles. The van der Waals surface area contributed by atoms with Crippen LogP contribution in [0.15, 0.2) is 40.3 Å². The molecule has 1 saturated heterocycles. The van der Waals surface area contributed by atoms with Crippen molar-refractivity contribution >= 4 is 23.1 Å². The smallest absolute Gasteiger partial charge is 0.114 e. The molecule has 0 aromatic heterocycles. The summed E-state index contributed by atoms with van der Waals surface area (Å²) in [5, 5.41) is 0.716. The molecule has 18 heavy (non-hydrogen) atoms. The topological polar surface area (TPSA) is 28.0 Å². The first-order valence-corrected chi connectivity index (χ1v) is 6.72. The third kappa shape index (κ3) is 2.47. The number of piperidine rings is 1. The van der Waals surface area contributed by atoms with Gasteiger partial charge in [0.05, 0.1) is 6.04 Å².